The first-order valence-corrected chi connectivity index (χ1v) is 8.18. The average Bonchev–Trinajstić information content (AvgIpc) is 2.63. The summed E-state index contributed by atoms with van der Waals surface area (Å²) in [5.74, 6) is 1.86. The number of rotatable bonds is 5. The van der Waals surface area contributed by atoms with Gasteiger partial charge in [-0.05, 0) is 61.0 Å². The molecule has 3 rings (SSSR count). The van der Waals surface area contributed by atoms with E-state index in [0.29, 0.717) is 17.3 Å². The van der Waals surface area contributed by atoms with Crippen molar-refractivity contribution in [2.45, 2.75) is 6.92 Å². The van der Waals surface area contributed by atoms with E-state index in [9.17, 15) is 4.79 Å². The van der Waals surface area contributed by atoms with Crippen LogP contribution < -0.4 is 15.0 Å². The van der Waals surface area contributed by atoms with Crippen LogP contribution in [0, 0.1) is 6.92 Å². The molecule has 0 saturated carbocycles. The molecular weight excluding hydrogens is 328 g/mol. The monoisotopic (exact) mass is 348 g/mol. The molecule has 1 N–H and O–H groups in total. The quantitative estimate of drug-likeness (QED) is 0.757. The number of hydrogen-bond acceptors (Lipinski definition) is 5. The maximum absolute atomic E-state index is 12.3. The Balaban J connectivity index is 1.64. The van der Waals surface area contributed by atoms with Gasteiger partial charge in [0.1, 0.15) is 11.5 Å². The van der Waals surface area contributed by atoms with Gasteiger partial charge in [0.15, 0.2) is 11.5 Å². The Bertz CT molecular complexity index is 890. The van der Waals surface area contributed by atoms with Gasteiger partial charge in [-0.15, -0.1) is 10.2 Å². The molecule has 0 aliphatic heterocycles. The van der Waals surface area contributed by atoms with Gasteiger partial charge in [-0.25, -0.2) is 0 Å². The van der Waals surface area contributed by atoms with Crippen LogP contribution in [0.1, 0.15) is 16.1 Å². The number of hydrogen-bond donors (Lipinski definition) is 1. The summed E-state index contributed by atoms with van der Waals surface area (Å²) in [5.41, 5.74) is 2.05. The molecule has 0 unspecified atom stereocenters. The maximum Gasteiger partial charge on any atom is 0.276 e. The predicted octanol–water partition coefficient (Wildman–Crippen LogP) is 3.90. The second kappa shape index (κ2) is 7.65. The Morgan fingerprint density at radius 2 is 1.73 bits per heavy atom. The van der Waals surface area contributed by atoms with E-state index >= 15 is 0 Å². The smallest absolute Gasteiger partial charge is 0.276 e. The summed E-state index contributed by atoms with van der Waals surface area (Å²) >= 11 is 0. The topological polar surface area (TPSA) is 67.3 Å². The highest BCUT2D eigenvalue weighted by Crippen LogP contribution is 2.23. The van der Waals surface area contributed by atoms with Crippen LogP contribution in [-0.2, 0) is 0 Å². The highest BCUT2D eigenvalue weighted by molar-refractivity contribution is 6.02. The molecule has 0 fully saturated rings. The van der Waals surface area contributed by atoms with Crippen molar-refractivity contribution in [3.05, 3.63) is 71.9 Å². The van der Waals surface area contributed by atoms with Crippen molar-refractivity contribution in [1.82, 2.24) is 10.2 Å². The Morgan fingerprint density at radius 1 is 0.962 bits per heavy atom. The lowest BCUT2D eigenvalue weighted by Crippen LogP contribution is -2.16. The average molecular weight is 348 g/mol. The van der Waals surface area contributed by atoms with Crippen LogP contribution in [0.4, 0.5) is 11.5 Å². The standard InChI is InChI=1S/C20H20N4O2/c1-14-5-4-6-17(13-14)26-16-9-7-15(8-10-16)21-20(25)18-11-12-19(23-22-18)24(2)3/h4-13H,1-3H3,(H,21,25). The van der Waals surface area contributed by atoms with Crippen molar-refractivity contribution in [1.29, 1.82) is 0 Å². The van der Waals surface area contributed by atoms with Gasteiger partial charge < -0.3 is 15.0 Å². The van der Waals surface area contributed by atoms with Crippen LogP contribution >= 0.6 is 0 Å². The number of nitrogens with one attached hydrogen (secondary N) is 1. The van der Waals surface area contributed by atoms with Gasteiger partial charge in [0.05, 0.1) is 0 Å². The van der Waals surface area contributed by atoms with Gasteiger partial charge in [-0.1, -0.05) is 12.1 Å². The van der Waals surface area contributed by atoms with Crippen LogP contribution in [0.5, 0.6) is 11.5 Å². The number of anilines is 2. The Hall–Kier alpha value is -3.41. The molecule has 6 nitrogen and oxygen atoms in total. The molecule has 3 aromatic rings. The molecule has 0 aliphatic carbocycles. The number of benzene rings is 2. The summed E-state index contributed by atoms with van der Waals surface area (Å²) in [6, 6.07) is 18.4. The fraction of sp³-hybridized carbons (Fsp3) is 0.150. The van der Waals surface area contributed by atoms with E-state index in [2.05, 4.69) is 15.5 Å². The minimum absolute atomic E-state index is 0.260. The summed E-state index contributed by atoms with van der Waals surface area (Å²) in [4.78, 5) is 14.1. The number of ether oxygens (including phenoxy) is 1. The molecule has 0 spiro atoms. The van der Waals surface area contributed by atoms with Crippen molar-refractivity contribution in [3.8, 4) is 11.5 Å². The van der Waals surface area contributed by atoms with Gasteiger partial charge in [-0.3, -0.25) is 4.79 Å². The zero-order chi connectivity index (χ0) is 18.5. The molecule has 1 heterocycles. The van der Waals surface area contributed by atoms with Crippen LogP contribution in [0.3, 0.4) is 0 Å². The minimum Gasteiger partial charge on any atom is -0.457 e. The third-order valence-electron chi connectivity index (χ3n) is 3.68. The zero-order valence-corrected chi connectivity index (χ0v) is 14.9. The van der Waals surface area contributed by atoms with E-state index < -0.39 is 0 Å². The minimum atomic E-state index is -0.310. The van der Waals surface area contributed by atoms with E-state index in [1.807, 2.05) is 50.2 Å². The van der Waals surface area contributed by atoms with E-state index in [-0.39, 0.29) is 11.6 Å². The number of aryl methyl sites for hydroxylation is 1. The third-order valence-corrected chi connectivity index (χ3v) is 3.68. The fourth-order valence-electron chi connectivity index (χ4n) is 2.30. The van der Waals surface area contributed by atoms with Crippen LogP contribution in [0.2, 0.25) is 0 Å². The third kappa shape index (κ3) is 4.36. The van der Waals surface area contributed by atoms with Crippen molar-refractivity contribution < 1.29 is 9.53 Å². The van der Waals surface area contributed by atoms with Gasteiger partial charge in [-0.2, -0.15) is 0 Å². The molecule has 0 aliphatic rings. The largest absolute Gasteiger partial charge is 0.457 e. The molecule has 0 atom stereocenters. The van der Waals surface area contributed by atoms with Crippen molar-refractivity contribution in [2.75, 3.05) is 24.3 Å². The molecule has 6 heteroatoms. The summed E-state index contributed by atoms with van der Waals surface area (Å²) in [7, 11) is 3.73. The molecule has 1 amide bonds. The van der Waals surface area contributed by atoms with Crippen molar-refractivity contribution in [2.24, 2.45) is 0 Å². The molecular formula is C20H20N4O2. The Kier molecular flexibility index (Phi) is 5.12. The highest BCUT2D eigenvalue weighted by atomic mass is 16.5. The maximum atomic E-state index is 12.3. The van der Waals surface area contributed by atoms with Crippen LogP contribution in [0.15, 0.2) is 60.7 Å². The summed E-state index contributed by atoms with van der Waals surface area (Å²) in [6.45, 7) is 2.01. The lowest BCUT2D eigenvalue weighted by Gasteiger charge is -2.10. The van der Waals surface area contributed by atoms with Crippen molar-refractivity contribution in [3.63, 3.8) is 0 Å². The number of amides is 1. The van der Waals surface area contributed by atoms with E-state index in [1.54, 1.807) is 36.4 Å². The van der Waals surface area contributed by atoms with E-state index in [1.165, 1.54) is 0 Å². The van der Waals surface area contributed by atoms with Gasteiger partial charge in [0, 0.05) is 19.8 Å². The highest BCUT2D eigenvalue weighted by Gasteiger charge is 2.09. The molecule has 0 radical (unpaired) electrons. The lowest BCUT2D eigenvalue weighted by atomic mass is 10.2. The molecule has 0 saturated heterocycles. The fourth-order valence-corrected chi connectivity index (χ4v) is 2.30. The molecule has 2 aromatic carbocycles. The summed E-state index contributed by atoms with van der Waals surface area (Å²) in [5, 5.41) is 10.7. The summed E-state index contributed by atoms with van der Waals surface area (Å²) in [6.07, 6.45) is 0. The van der Waals surface area contributed by atoms with Crippen LogP contribution in [0.25, 0.3) is 0 Å². The molecule has 0 bridgehead atoms. The lowest BCUT2D eigenvalue weighted by molar-refractivity contribution is 0.102. The van der Waals surface area contributed by atoms with Gasteiger partial charge in [0.2, 0.25) is 0 Å². The zero-order valence-electron chi connectivity index (χ0n) is 14.9. The molecule has 132 valence electrons. The first-order chi connectivity index (χ1) is 12.5. The Morgan fingerprint density at radius 3 is 2.35 bits per heavy atom. The van der Waals surface area contributed by atoms with Crippen molar-refractivity contribution >= 4 is 17.4 Å². The first-order valence-electron chi connectivity index (χ1n) is 8.18. The van der Waals surface area contributed by atoms with Gasteiger partial charge >= 0.3 is 0 Å². The van der Waals surface area contributed by atoms with E-state index in [0.717, 1.165) is 11.3 Å². The number of carbonyl (C=O) groups is 1. The second-order valence-electron chi connectivity index (χ2n) is 6.07. The molecule has 1 aromatic heterocycles. The normalized spacial score (nSPS) is 10.3. The van der Waals surface area contributed by atoms with Gasteiger partial charge in [0.25, 0.3) is 5.91 Å². The SMILES string of the molecule is Cc1cccc(Oc2ccc(NC(=O)c3ccc(N(C)C)nn3)cc2)c1. The number of carbonyl (C=O) groups excluding carboxylic acids is 1. The predicted molar refractivity (Wildman–Crippen MR) is 102 cm³/mol. The number of nitrogens with zero attached hydrogens (tertiary/aromatic N) is 3. The second-order valence-corrected chi connectivity index (χ2v) is 6.07. The molecule has 26 heavy (non-hydrogen) atoms. The Labute approximate surface area is 152 Å². The van der Waals surface area contributed by atoms with Crippen LogP contribution in [-0.4, -0.2) is 30.2 Å². The first kappa shape index (κ1) is 17.4. The van der Waals surface area contributed by atoms with E-state index in [4.69, 9.17) is 4.74 Å². The number of aromatic nitrogens is 2. The summed E-state index contributed by atoms with van der Waals surface area (Å²) < 4.78 is 5.80.